The van der Waals surface area contributed by atoms with Gasteiger partial charge in [0, 0.05) is 13.1 Å². The number of anilines is 3. The average molecular weight is 423 g/mol. The molecule has 0 spiro atoms. The van der Waals surface area contributed by atoms with E-state index in [1.54, 1.807) is 31.2 Å². The van der Waals surface area contributed by atoms with Crippen molar-refractivity contribution in [3.05, 3.63) is 48.0 Å². The molecule has 9 heteroatoms. The smallest absolute Gasteiger partial charge is 0.416 e. The maximum Gasteiger partial charge on any atom is 0.416 e. The first kappa shape index (κ1) is 21.8. The van der Waals surface area contributed by atoms with Crippen LogP contribution in [0.5, 0.6) is 5.75 Å². The zero-order valence-corrected chi connectivity index (χ0v) is 16.8. The summed E-state index contributed by atoms with van der Waals surface area (Å²) in [4.78, 5) is 14.7. The number of para-hydroxylation sites is 2. The van der Waals surface area contributed by atoms with Crippen molar-refractivity contribution in [1.82, 2.24) is 0 Å². The van der Waals surface area contributed by atoms with Crippen LogP contribution in [0.15, 0.2) is 42.5 Å². The number of halogens is 3. The van der Waals surface area contributed by atoms with Gasteiger partial charge in [-0.25, -0.2) is 0 Å². The minimum absolute atomic E-state index is 0.116. The van der Waals surface area contributed by atoms with E-state index in [4.69, 9.17) is 9.47 Å². The van der Waals surface area contributed by atoms with Gasteiger partial charge in [-0.15, -0.1) is 0 Å². The molecule has 0 aliphatic carbocycles. The van der Waals surface area contributed by atoms with Gasteiger partial charge in [0.25, 0.3) is 0 Å². The minimum Gasteiger partial charge on any atom is -0.495 e. The third-order valence-electron chi connectivity index (χ3n) is 4.81. The molecule has 3 rings (SSSR count). The van der Waals surface area contributed by atoms with Crippen molar-refractivity contribution in [2.75, 3.05) is 48.9 Å². The molecular weight excluding hydrogens is 399 g/mol. The molecule has 2 N–H and O–H groups in total. The van der Waals surface area contributed by atoms with Crippen LogP contribution in [0.3, 0.4) is 0 Å². The van der Waals surface area contributed by atoms with Crippen molar-refractivity contribution in [2.45, 2.75) is 19.1 Å². The lowest BCUT2D eigenvalue weighted by Gasteiger charge is -2.31. The third kappa shape index (κ3) is 5.15. The molecule has 0 aromatic heterocycles. The molecule has 6 nitrogen and oxygen atoms in total. The highest BCUT2D eigenvalue weighted by Crippen LogP contribution is 2.36. The van der Waals surface area contributed by atoms with Crippen molar-refractivity contribution in [3.63, 3.8) is 0 Å². The first-order valence-corrected chi connectivity index (χ1v) is 9.54. The molecule has 1 saturated heterocycles. The number of alkyl halides is 3. The lowest BCUT2D eigenvalue weighted by molar-refractivity contribution is -0.137. The zero-order valence-electron chi connectivity index (χ0n) is 16.8. The largest absolute Gasteiger partial charge is 0.495 e. The van der Waals surface area contributed by atoms with E-state index < -0.39 is 23.7 Å². The molecule has 0 radical (unpaired) electrons. The highest BCUT2D eigenvalue weighted by molar-refractivity contribution is 5.99. The number of hydrogen-bond donors (Lipinski definition) is 2. The van der Waals surface area contributed by atoms with Gasteiger partial charge >= 0.3 is 6.18 Å². The fraction of sp³-hybridized carbons (Fsp3) is 0.381. The Labute approximate surface area is 173 Å². The molecule has 1 atom stereocenters. The lowest BCUT2D eigenvalue weighted by Crippen LogP contribution is -2.37. The first-order chi connectivity index (χ1) is 14.3. The predicted molar refractivity (Wildman–Crippen MR) is 109 cm³/mol. The summed E-state index contributed by atoms with van der Waals surface area (Å²) < 4.78 is 50.3. The van der Waals surface area contributed by atoms with Crippen LogP contribution in [0, 0.1) is 0 Å². The minimum atomic E-state index is -4.51. The van der Waals surface area contributed by atoms with Crippen molar-refractivity contribution in [1.29, 1.82) is 0 Å². The van der Waals surface area contributed by atoms with Gasteiger partial charge in [-0.3, -0.25) is 4.79 Å². The number of rotatable bonds is 6. The van der Waals surface area contributed by atoms with Gasteiger partial charge in [0.2, 0.25) is 5.91 Å². The Balaban J connectivity index is 1.82. The van der Waals surface area contributed by atoms with E-state index in [9.17, 15) is 18.0 Å². The Kier molecular flexibility index (Phi) is 6.71. The summed E-state index contributed by atoms with van der Waals surface area (Å²) >= 11 is 0. The topological polar surface area (TPSA) is 62.8 Å². The number of amides is 1. The summed E-state index contributed by atoms with van der Waals surface area (Å²) in [5.41, 5.74) is 0.440. The normalized spacial score (nSPS) is 15.4. The predicted octanol–water partition coefficient (Wildman–Crippen LogP) is 3.99. The molecule has 2 aromatic rings. The summed E-state index contributed by atoms with van der Waals surface area (Å²) in [6, 6.07) is 9.76. The van der Waals surface area contributed by atoms with Crippen molar-refractivity contribution < 1.29 is 27.4 Å². The molecule has 0 bridgehead atoms. The van der Waals surface area contributed by atoms with Crippen LogP contribution in [0.1, 0.15) is 12.5 Å². The summed E-state index contributed by atoms with van der Waals surface area (Å²) in [6.45, 7) is 3.64. The molecule has 30 heavy (non-hydrogen) atoms. The van der Waals surface area contributed by atoms with Crippen LogP contribution in [-0.4, -0.2) is 45.4 Å². The Morgan fingerprint density at radius 1 is 1.13 bits per heavy atom. The van der Waals surface area contributed by atoms with E-state index >= 15 is 0 Å². The molecule has 1 aliphatic rings. The highest BCUT2D eigenvalue weighted by atomic mass is 19.4. The van der Waals surface area contributed by atoms with Crippen LogP contribution < -0.4 is 20.3 Å². The van der Waals surface area contributed by atoms with Crippen molar-refractivity contribution >= 4 is 23.0 Å². The molecular formula is C21H24F3N3O3. The lowest BCUT2D eigenvalue weighted by atomic mass is 10.1. The van der Waals surface area contributed by atoms with Crippen molar-refractivity contribution in [2.24, 2.45) is 0 Å². The zero-order chi connectivity index (χ0) is 21.7. The second kappa shape index (κ2) is 9.25. The molecule has 2 aromatic carbocycles. The number of nitrogens with zero attached hydrogens (tertiary/aromatic N) is 1. The van der Waals surface area contributed by atoms with Gasteiger partial charge in [0.1, 0.15) is 11.8 Å². The van der Waals surface area contributed by atoms with Crippen LogP contribution >= 0.6 is 0 Å². The quantitative estimate of drug-likeness (QED) is 0.736. The second-order valence-corrected chi connectivity index (χ2v) is 6.88. The third-order valence-corrected chi connectivity index (χ3v) is 4.81. The molecule has 0 unspecified atom stereocenters. The van der Waals surface area contributed by atoms with Gasteiger partial charge in [0.05, 0.1) is 42.9 Å². The number of carbonyl (C=O) groups is 1. The number of methoxy groups -OCH3 is 1. The number of ether oxygens (including phenoxy) is 2. The summed E-state index contributed by atoms with van der Waals surface area (Å²) in [6.07, 6.45) is -4.51. The van der Waals surface area contributed by atoms with E-state index in [1.807, 2.05) is 4.90 Å². The van der Waals surface area contributed by atoms with E-state index in [-0.39, 0.29) is 5.69 Å². The molecule has 0 saturated carbocycles. The summed E-state index contributed by atoms with van der Waals surface area (Å²) in [5, 5.41) is 5.69. The number of benzene rings is 2. The SMILES string of the molecule is COc1ccccc1N[C@@H](C)C(=O)Nc1cc(C(F)(F)F)ccc1N1CCOCC1. The standard InChI is InChI=1S/C21H24F3N3O3/c1-14(25-16-5-3-4-6-19(16)29-2)20(28)26-17-13-15(21(22,23)24)7-8-18(17)27-9-11-30-12-10-27/h3-8,13-14,25H,9-12H2,1-2H3,(H,26,28)/t14-/m0/s1. The Morgan fingerprint density at radius 3 is 2.50 bits per heavy atom. The van der Waals surface area contributed by atoms with E-state index in [0.717, 1.165) is 12.1 Å². The Hall–Kier alpha value is -2.94. The number of hydrogen-bond acceptors (Lipinski definition) is 5. The van der Waals surface area contributed by atoms with Gasteiger partial charge in [-0.2, -0.15) is 13.2 Å². The van der Waals surface area contributed by atoms with Crippen LogP contribution in [0.25, 0.3) is 0 Å². The maximum absolute atomic E-state index is 13.2. The fourth-order valence-corrected chi connectivity index (χ4v) is 3.20. The van der Waals surface area contributed by atoms with Gasteiger partial charge in [-0.1, -0.05) is 12.1 Å². The monoisotopic (exact) mass is 423 g/mol. The maximum atomic E-state index is 13.2. The highest BCUT2D eigenvalue weighted by Gasteiger charge is 2.32. The van der Waals surface area contributed by atoms with Gasteiger partial charge < -0.3 is 25.0 Å². The van der Waals surface area contributed by atoms with E-state index in [2.05, 4.69) is 10.6 Å². The Morgan fingerprint density at radius 2 is 1.83 bits per heavy atom. The number of carbonyl (C=O) groups excluding carboxylic acids is 1. The molecule has 162 valence electrons. The summed E-state index contributed by atoms with van der Waals surface area (Å²) in [5.74, 6) is 0.0972. The van der Waals surface area contributed by atoms with Crippen LogP contribution in [0.2, 0.25) is 0 Å². The second-order valence-electron chi connectivity index (χ2n) is 6.88. The summed E-state index contributed by atoms with van der Waals surface area (Å²) in [7, 11) is 1.52. The molecule has 1 fully saturated rings. The fourth-order valence-electron chi connectivity index (χ4n) is 3.20. The number of morpholine rings is 1. The Bertz CT molecular complexity index is 883. The number of nitrogens with one attached hydrogen (secondary N) is 2. The first-order valence-electron chi connectivity index (χ1n) is 9.54. The van der Waals surface area contributed by atoms with Crippen LogP contribution in [0.4, 0.5) is 30.2 Å². The van der Waals surface area contributed by atoms with Gasteiger partial charge in [-0.05, 0) is 37.3 Å². The molecule has 1 amide bonds. The molecule has 1 heterocycles. The van der Waals surface area contributed by atoms with Crippen molar-refractivity contribution in [3.8, 4) is 5.75 Å². The average Bonchev–Trinajstić information content (AvgIpc) is 2.74. The van der Waals surface area contributed by atoms with E-state index in [0.29, 0.717) is 43.4 Å². The van der Waals surface area contributed by atoms with Gasteiger partial charge in [0.15, 0.2) is 0 Å². The molecule has 1 aliphatic heterocycles. The van der Waals surface area contributed by atoms with Crippen LogP contribution in [-0.2, 0) is 15.7 Å². The van der Waals surface area contributed by atoms with E-state index in [1.165, 1.54) is 13.2 Å².